The van der Waals surface area contributed by atoms with Crippen LogP contribution < -0.4 is 10.9 Å². The summed E-state index contributed by atoms with van der Waals surface area (Å²) in [7, 11) is 0. The van der Waals surface area contributed by atoms with E-state index in [4.69, 9.17) is 5.26 Å². The average Bonchev–Trinajstić information content (AvgIpc) is 2.88. The molecule has 0 fully saturated rings. The van der Waals surface area contributed by atoms with Crippen LogP contribution in [0.4, 0.5) is 10.1 Å². The van der Waals surface area contributed by atoms with Gasteiger partial charge in [-0.1, -0.05) is 58.0 Å². The third kappa shape index (κ3) is 6.79. The lowest BCUT2D eigenvalue weighted by Gasteiger charge is -2.18. The maximum Gasteiger partial charge on any atom is 0.261 e. The van der Waals surface area contributed by atoms with E-state index in [2.05, 4.69) is 61.1 Å². The van der Waals surface area contributed by atoms with Gasteiger partial charge in [0.25, 0.3) is 5.56 Å². The van der Waals surface area contributed by atoms with Gasteiger partial charge in [0.2, 0.25) is 0 Å². The highest BCUT2D eigenvalue weighted by Gasteiger charge is 2.13. The Kier molecular flexibility index (Phi) is 9.77. The Balaban J connectivity index is 1.92. The average molecular weight is 490 g/mol. The largest absolute Gasteiger partial charge is 0.383 e. The highest BCUT2D eigenvalue weighted by molar-refractivity contribution is 5.83. The van der Waals surface area contributed by atoms with E-state index in [0.717, 1.165) is 31.6 Å². The number of rotatable bonds is 12. The molecule has 6 nitrogen and oxygen atoms in total. The number of halogens is 1. The SMILES string of the molecule is CCN(CC)CCCNc1cc2nc(/C=C/c3ccc(C(C)C)cc3)n(CCC#N)c(=O)c2cc1F. The maximum atomic E-state index is 14.8. The summed E-state index contributed by atoms with van der Waals surface area (Å²) < 4.78 is 16.3. The smallest absolute Gasteiger partial charge is 0.261 e. The van der Waals surface area contributed by atoms with E-state index in [1.54, 1.807) is 12.1 Å². The minimum absolute atomic E-state index is 0.158. The van der Waals surface area contributed by atoms with Crippen LogP contribution in [0.25, 0.3) is 23.1 Å². The Labute approximate surface area is 213 Å². The third-order valence-electron chi connectivity index (χ3n) is 6.41. The van der Waals surface area contributed by atoms with Crippen molar-refractivity contribution >= 4 is 28.7 Å². The monoisotopic (exact) mass is 489 g/mol. The molecule has 0 atom stereocenters. The first-order valence-corrected chi connectivity index (χ1v) is 12.7. The fourth-order valence-corrected chi connectivity index (χ4v) is 4.13. The molecule has 2 aromatic carbocycles. The van der Waals surface area contributed by atoms with Gasteiger partial charge in [0.05, 0.1) is 29.1 Å². The molecule has 0 unspecified atom stereocenters. The number of nitrogens with zero attached hydrogens (tertiary/aromatic N) is 4. The standard InChI is InChI=1S/C29H36FN5O/c1-5-34(6-2)17-8-16-32-27-20-26-24(19-25(27)30)29(36)35(18-7-15-31)28(33-26)14-11-22-9-12-23(13-10-22)21(3)4/h9-14,19-21,32H,5-8,16-18H2,1-4H3/b14-11+. The highest BCUT2D eigenvalue weighted by atomic mass is 19.1. The van der Waals surface area contributed by atoms with Crippen LogP contribution in [0.1, 0.15) is 63.4 Å². The van der Waals surface area contributed by atoms with Gasteiger partial charge in [-0.15, -0.1) is 0 Å². The van der Waals surface area contributed by atoms with Crippen LogP contribution in [0.5, 0.6) is 0 Å². The summed E-state index contributed by atoms with van der Waals surface area (Å²) in [6, 6.07) is 13.2. The number of benzene rings is 2. The summed E-state index contributed by atoms with van der Waals surface area (Å²) in [5, 5.41) is 12.4. The molecule has 1 N–H and O–H groups in total. The number of hydrogen-bond donors (Lipinski definition) is 1. The molecule has 0 aliphatic rings. The summed E-state index contributed by atoms with van der Waals surface area (Å²) in [5.41, 5.74) is 2.65. The Morgan fingerprint density at radius 2 is 1.89 bits per heavy atom. The number of anilines is 1. The molecule has 7 heteroatoms. The first-order chi connectivity index (χ1) is 17.4. The molecular weight excluding hydrogens is 453 g/mol. The molecule has 0 saturated carbocycles. The molecule has 0 spiro atoms. The van der Waals surface area contributed by atoms with Crippen molar-refractivity contribution in [2.75, 3.05) is 31.5 Å². The summed E-state index contributed by atoms with van der Waals surface area (Å²) >= 11 is 0. The lowest BCUT2D eigenvalue weighted by Crippen LogP contribution is -2.25. The van der Waals surface area contributed by atoms with E-state index in [1.807, 2.05) is 18.2 Å². The maximum absolute atomic E-state index is 14.8. The molecule has 1 heterocycles. The molecule has 1 aromatic heterocycles. The van der Waals surface area contributed by atoms with Crippen LogP contribution in [0.3, 0.4) is 0 Å². The summed E-state index contributed by atoms with van der Waals surface area (Å²) in [6.07, 6.45) is 4.72. The highest BCUT2D eigenvalue weighted by Crippen LogP contribution is 2.21. The second-order valence-electron chi connectivity index (χ2n) is 9.15. The second-order valence-corrected chi connectivity index (χ2v) is 9.15. The number of hydrogen-bond acceptors (Lipinski definition) is 5. The fraction of sp³-hybridized carbons (Fsp3) is 0.414. The normalized spacial score (nSPS) is 11.6. The molecule has 3 aromatic rings. The minimum atomic E-state index is -0.482. The molecule has 0 amide bonds. The van der Waals surface area contributed by atoms with E-state index in [-0.39, 0.29) is 23.9 Å². The predicted molar refractivity (Wildman–Crippen MR) is 147 cm³/mol. The zero-order valence-electron chi connectivity index (χ0n) is 21.7. The van der Waals surface area contributed by atoms with Crippen molar-refractivity contribution in [1.82, 2.24) is 14.5 Å². The van der Waals surface area contributed by atoms with Crippen molar-refractivity contribution < 1.29 is 4.39 Å². The predicted octanol–water partition coefficient (Wildman–Crippen LogP) is 5.89. The number of fused-ring (bicyclic) bond motifs is 1. The van der Waals surface area contributed by atoms with Gasteiger partial charge in [-0.3, -0.25) is 9.36 Å². The fourth-order valence-electron chi connectivity index (χ4n) is 4.13. The van der Waals surface area contributed by atoms with E-state index in [1.165, 1.54) is 16.2 Å². The Morgan fingerprint density at radius 3 is 2.53 bits per heavy atom. The van der Waals surface area contributed by atoms with E-state index >= 15 is 0 Å². The van der Waals surface area contributed by atoms with Crippen LogP contribution in [-0.2, 0) is 6.54 Å². The molecule has 0 bridgehead atoms. The van der Waals surface area contributed by atoms with Gasteiger partial charge in [-0.2, -0.15) is 5.26 Å². The van der Waals surface area contributed by atoms with Gasteiger partial charge < -0.3 is 10.2 Å². The first kappa shape index (κ1) is 27.1. The van der Waals surface area contributed by atoms with Crippen LogP contribution in [-0.4, -0.2) is 40.6 Å². The number of aromatic nitrogens is 2. The molecule has 36 heavy (non-hydrogen) atoms. The van der Waals surface area contributed by atoms with Crippen LogP contribution in [0, 0.1) is 17.1 Å². The van der Waals surface area contributed by atoms with E-state index in [0.29, 0.717) is 29.5 Å². The van der Waals surface area contributed by atoms with Gasteiger partial charge in [0, 0.05) is 13.1 Å². The van der Waals surface area contributed by atoms with Crippen molar-refractivity contribution in [2.24, 2.45) is 0 Å². The second kappa shape index (κ2) is 13.0. The molecule has 0 radical (unpaired) electrons. The van der Waals surface area contributed by atoms with E-state index < -0.39 is 5.82 Å². The number of nitrogens with one attached hydrogen (secondary N) is 1. The topological polar surface area (TPSA) is 74.0 Å². The molecular formula is C29H36FN5O. The quantitative estimate of drug-likeness (QED) is 0.321. The first-order valence-electron chi connectivity index (χ1n) is 12.7. The zero-order chi connectivity index (χ0) is 26.1. The lowest BCUT2D eigenvalue weighted by molar-refractivity contribution is 0.303. The van der Waals surface area contributed by atoms with Crippen molar-refractivity contribution in [3.63, 3.8) is 0 Å². The van der Waals surface area contributed by atoms with Crippen LogP contribution in [0.2, 0.25) is 0 Å². The molecule has 190 valence electrons. The van der Waals surface area contributed by atoms with Gasteiger partial charge in [0.1, 0.15) is 11.6 Å². The molecule has 0 aliphatic heterocycles. The van der Waals surface area contributed by atoms with Gasteiger partial charge >= 0.3 is 0 Å². The van der Waals surface area contributed by atoms with Gasteiger partial charge in [-0.05, 0) is 61.3 Å². The van der Waals surface area contributed by atoms with Crippen LogP contribution >= 0.6 is 0 Å². The summed E-state index contributed by atoms with van der Waals surface area (Å²) in [5.74, 6) is 0.404. The van der Waals surface area contributed by atoms with Gasteiger partial charge in [-0.25, -0.2) is 9.37 Å². The zero-order valence-corrected chi connectivity index (χ0v) is 21.7. The molecule has 0 saturated heterocycles. The van der Waals surface area contributed by atoms with Crippen molar-refractivity contribution in [1.29, 1.82) is 5.26 Å². The lowest BCUT2D eigenvalue weighted by atomic mass is 10.0. The summed E-state index contributed by atoms with van der Waals surface area (Å²) in [4.78, 5) is 20.2. The number of nitriles is 1. The molecule has 3 rings (SSSR count). The Hall–Kier alpha value is -3.50. The third-order valence-corrected chi connectivity index (χ3v) is 6.41. The van der Waals surface area contributed by atoms with Crippen molar-refractivity contribution in [2.45, 2.75) is 53.0 Å². The Bertz CT molecular complexity index is 1280. The van der Waals surface area contributed by atoms with Crippen molar-refractivity contribution in [3.8, 4) is 6.07 Å². The van der Waals surface area contributed by atoms with E-state index in [9.17, 15) is 9.18 Å². The van der Waals surface area contributed by atoms with Gasteiger partial charge in [0.15, 0.2) is 0 Å². The Morgan fingerprint density at radius 1 is 1.17 bits per heavy atom. The van der Waals surface area contributed by atoms with Crippen LogP contribution in [0.15, 0.2) is 41.2 Å². The summed E-state index contributed by atoms with van der Waals surface area (Å²) in [6.45, 7) is 12.3. The van der Waals surface area contributed by atoms with Crippen molar-refractivity contribution in [3.05, 3.63) is 69.5 Å². The molecule has 0 aliphatic carbocycles. The minimum Gasteiger partial charge on any atom is -0.383 e.